The maximum atomic E-state index is 11.7. The number of anilines is 1. The molecular weight excluding hydrogens is 204 g/mol. The molecule has 16 heavy (non-hydrogen) atoms. The van der Waals surface area contributed by atoms with E-state index in [2.05, 4.69) is 15.1 Å². The summed E-state index contributed by atoms with van der Waals surface area (Å²) in [6.45, 7) is 5.68. The van der Waals surface area contributed by atoms with E-state index in [9.17, 15) is 4.79 Å². The van der Waals surface area contributed by atoms with E-state index in [4.69, 9.17) is 0 Å². The smallest absolute Gasteiger partial charge is 0.254 e. The van der Waals surface area contributed by atoms with Crippen molar-refractivity contribution in [2.45, 2.75) is 33.6 Å². The Labute approximate surface area is 94.2 Å². The van der Waals surface area contributed by atoms with Crippen LogP contribution in [-0.4, -0.2) is 21.6 Å². The molecule has 0 aromatic carbocycles. The Kier molecular flexibility index (Phi) is 2.68. The van der Waals surface area contributed by atoms with Crippen molar-refractivity contribution in [2.24, 2.45) is 5.10 Å². The number of nitrogens with zero attached hydrogens (tertiary/aromatic N) is 4. The first-order valence-electron chi connectivity index (χ1n) is 5.31. The molecule has 0 aliphatic carbocycles. The molecule has 5 heteroatoms. The first-order valence-corrected chi connectivity index (χ1v) is 5.31. The number of amides is 1. The van der Waals surface area contributed by atoms with Gasteiger partial charge in [-0.3, -0.25) is 4.79 Å². The summed E-state index contributed by atoms with van der Waals surface area (Å²) in [4.78, 5) is 20.1. The fraction of sp³-hybridized carbons (Fsp3) is 0.455. The van der Waals surface area contributed by atoms with E-state index in [1.807, 2.05) is 20.8 Å². The number of rotatable bonds is 2. The molecule has 1 aliphatic heterocycles. The van der Waals surface area contributed by atoms with Crippen LogP contribution >= 0.6 is 0 Å². The molecule has 0 N–H and O–H groups in total. The first kappa shape index (κ1) is 10.7. The number of carbonyl (C=O) groups excluding carboxylic acids is 1. The third kappa shape index (κ3) is 1.93. The average Bonchev–Trinajstić information content (AvgIpc) is 2.58. The Hall–Kier alpha value is -1.78. The highest BCUT2D eigenvalue weighted by molar-refractivity contribution is 6.12. The zero-order valence-electron chi connectivity index (χ0n) is 9.69. The largest absolute Gasteiger partial charge is 0.272 e. The van der Waals surface area contributed by atoms with Gasteiger partial charge < -0.3 is 0 Å². The Morgan fingerprint density at radius 2 is 2.12 bits per heavy atom. The lowest BCUT2D eigenvalue weighted by atomic mass is 10.2. The monoisotopic (exact) mass is 218 g/mol. The van der Waals surface area contributed by atoms with Crippen LogP contribution in [0.3, 0.4) is 0 Å². The quantitative estimate of drug-likeness (QED) is 0.757. The van der Waals surface area contributed by atoms with Crippen molar-refractivity contribution in [3.05, 3.63) is 17.6 Å². The fourth-order valence-electron chi connectivity index (χ4n) is 1.66. The predicted octanol–water partition coefficient (Wildman–Crippen LogP) is 1.60. The molecule has 0 fully saturated rings. The summed E-state index contributed by atoms with van der Waals surface area (Å²) in [6.07, 6.45) is 1.20. The third-order valence-electron chi connectivity index (χ3n) is 2.41. The molecule has 2 rings (SSSR count). The van der Waals surface area contributed by atoms with Crippen LogP contribution in [0.15, 0.2) is 11.2 Å². The number of hydrogen-bond donors (Lipinski definition) is 0. The van der Waals surface area contributed by atoms with Crippen LogP contribution < -0.4 is 5.01 Å². The predicted molar refractivity (Wildman–Crippen MR) is 61.3 cm³/mol. The number of carbonyl (C=O) groups is 1. The van der Waals surface area contributed by atoms with Crippen molar-refractivity contribution in [1.29, 1.82) is 0 Å². The van der Waals surface area contributed by atoms with E-state index in [1.165, 1.54) is 5.01 Å². The summed E-state index contributed by atoms with van der Waals surface area (Å²) in [5, 5.41) is 5.63. The lowest BCUT2D eigenvalue weighted by Crippen LogP contribution is -2.21. The summed E-state index contributed by atoms with van der Waals surface area (Å²) in [5.74, 6) is 1.20. The summed E-state index contributed by atoms with van der Waals surface area (Å²) >= 11 is 0. The summed E-state index contributed by atoms with van der Waals surface area (Å²) < 4.78 is 0. The molecule has 0 unspecified atom stereocenters. The van der Waals surface area contributed by atoms with Gasteiger partial charge in [0.1, 0.15) is 5.82 Å². The minimum absolute atomic E-state index is 0.0191. The molecule has 5 nitrogen and oxygen atoms in total. The Balaban J connectivity index is 2.37. The highest BCUT2D eigenvalue weighted by Gasteiger charge is 2.25. The van der Waals surface area contributed by atoms with Crippen LogP contribution in [0.5, 0.6) is 0 Å². The van der Waals surface area contributed by atoms with Gasteiger partial charge in [-0.15, -0.1) is 0 Å². The molecule has 2 heterocycles. The second-order valence-corrected chi connectivity index (χ2v) is 3.82. The van der Waals surface area contributed by atoms with Crippen LogP contribution in [0.4, 0.5) is 5.82 Å². The standard InChI is InChI=1S/C11H14N4O/c1-4-9-6-11(16)15(14-9)10-5-7(2)12-8(3)13-10/h5H,4,6H2,1-3H3. The van der Waals surface area contributed by atoms with Gasteiger partial charge in [-0.05, 0) is 20.3 Å². The second-order valence-electron chi connectivity index (χ2n) is 3.82. The van der Waals surface area contributed by atoms with Crippen molar-refractivity contribution in [3.8, 4) is 0 Å². The molecular formula is C11H14N4O. The van der Waals surface area contributed by atoms with Gasteiger partial charge in [0, 0.05) is 17.5 Å². The minimum Gasteiger partial charge on any atom is -0.272 e. The van der Waals surface area contributed by atoms with Gasteiger partial charge in [0.25, 0.3) is 5.91 Å². The lowest BCUT2D eigenvalue weighted by Gasteiger charge is -2.11. The van der Waals surface area contributed by atoms with Gasteiger partial charge in [0.15, 0.2) is 5.82 Å². The molecule has 0 radical (unpaired) electrons. The molecule has 84 valence electrons. The van der Waals surface area contributed by atoms with Crippen LogP contribution in [0, 0.1) is 13.8 Å². The molecule has 0 atom stereocenters. The highest BCUT2D eigenvalue weighted by atomic mass is 16.2. The van der Waals surface area contributed by atoms with E-state index in [1.54, 1.807) is 6.07 Å². The average molecular weight is 218 g/mol. The second kappa shape index (κ2) is 4.00. The molecule has 1 aromatic rings. The number of aromatic nitrogens is 2. The highest BCUT2D eigenvalue weighted by Crippen LogP contribution is 2.19. The zero-order chi connectivity index (χ0) is 11.7. The van der Waals surface area contributed by atoms with E-state index >= 15 is 0 Å². The van der Waals surface area contributed by atoms with Gasteiger partial charge in [0.2, 0.25) is 0 Å². The zero-order valence-corrected chi connectivity index (χ0v) is 9.69. The Bertz CT molecular complexity index is 447. The maximum Gasteiger partial charge on any atom is 0.254 e. The molecule has 1 amide bonds. The van der Waals surface area contributed by atoms with Gasteiger partial charge in [-0.2, -0.15) is 10.1 Å². The summed E-state index contributed by atoms with van der Waals surface area (Å²) in [6, 6.07) is 1.77. The van der Waals surface area contributed by atoms with E-state index in [0.29, 0.717) is 18.1 Å². The van der Waals surface area contributed by atoms with Crippen molar-refractivity contribution in [1.82, 2.24) is 9.97 Å². The van der Waals surface area contributed by atoms with Crippen LogP contribution in [0.1, 0.15) is 31.3 Å². The first-order chi connectivity index (χ1) is 7.60. The Morgan fingerprint density at radius 1 is 1.38 bits per heavy atom. The van der Waals surface area contributed by atoms with Crippen molar-refractivity contribution in [3.63, 3.8) is 0 Å². The number of hydrogen-bond acceptors (Lipinski definition) is 4. The van der Waals surface area contributed by atoms with Gasteiger partial charge >= 0.3 is 0 Å². The molecule has 1 aliphatic rings. The molecule has 0 saturated carbocycles. The fourth-order valence-corrected chi connectivity index (χ4v) is 1.66. The lowest BCUT2D eigenvalue weighted by molar-refractivity contribution is -0.116. The third-order valence-corrected chi connectivity index (χ3v) is 2.41. The van der Waals surface area contributed by atoms with Crippen LogP contribution in [-0.2, 0) is 4.79 Å². The van der Waals surface area contributed by atoms with Gasteiger partial charge in [0.05, 0.1) is 6.42 Å². The normalized spacial score (nSPS) is 15.6. The Morgan fingerprint density at radius 3 is 2.69 bits per heavy atom. The van der Waals surface area contributed by atoms with Crippen LogP contribution in [0.25, 0.3) is 0 Å². The van der Waals surface area contributed by atoms with Crippen LogP contribution in [0.2, 0.25) is 0 Å². The molecule has 1 aromatic heterocycles. The number of aryl methyl sites for hydroxylation is 2. The van der Waals surface area contributed by atoms with Gasteiger partial charge in [-0.1, -0.05) is 6.92 Å². The van der Waals surface area contributed by atoms with Crippen molar-refractivity contribution >= 4 is 17.4 Å². The van der Waals surface area contributed by atoms with Gasteiger partial charge in [-0.25, -0.2) is 9.97 Å². The van der Waals surface area contributed by atoms with E-state index in [-0.39, 0.29) is 5.91 Å². The molecule has 0 bridgehead atoms. The van der Waals surface area contributed by atoms with E-state index in [0.717, 1.165) is 17.8 Å². The summed E-state index contributed by atoms with van der Waals surface area (Å²) in [5.41, 5.74) is 1.74. The maximum absolute atomic E-state index is 11.7. The molecule has 0 saturated heterocycles. The number of hydrazone groups is 1. The summed E-state index contributed by atoms with van der Waals surface area (Å²) in [7, 11) is 0. The van der Waals surface area contributed by atoms with Crippen molar-refractivity contribution in [2.75, 3.05) is 5.01 Å². The minimum atomic E-state index is -0.0191. The topological polar surface area (TPSA) is 58.5 Å². The van der Waals surface area contributed by atoms with Crippen molar-refractivity contribution < 1.29 is 4.79 Å². The molecule has 0 spiro atoms. The SMILES string of the molecule is CCC1=NN(c2cc(C)nc(C)n2)C(=O)C1. The van der Waals surface area contributed by atoms with E-state index < -0.39 is 0 Å².